The summed E-state index contributed by atoms with van der Waals surface area (Å²) >= 11 is 0. The van der Waals surface area contributed by atoms with Gasteiger partial charge >= 0.3 is 0 Å². The smallest absolute Gasteiger partial charge is 0.270 e. The topological polar surface area (TPSA) is 88.9 Å². The average molecular weight is 379 g/mol. The van der Waals surface area contributed by atoms with Gasteiger partial charge in [0.2, 0.25) is 0 Å². The van der Waals surface area contributed by atoms with E-state index < -0.39 is 5.82 Å². The first-order valence-corrected chi connectivity index (χ1v) is 8.89. The largest absolute Gasteiger partial charge is 0.348 e. The maximum absolute atomic E-state index is 12.9. The molecule has 0 saturated heterocycles. The first-order chi connectivity index (χ1) is 13.6. The van der Waals surface area contributed by atoms with E-state index in [1.165, 1.54) is 12.1 Å². The molecule has 1 atom stereocenters. The number of hydrogen-bond donors (Lipinski definition) is 2. The van der Waals surface area contributed by atoms with Crippen molar-refractivity contribution < 1.29 is 14.0 Å². The number of pyridine rings is 1. The van der Waals surface area contributed by atoms with E-state index in [1.54, 1.807) is 10.9 Å². The van der Waals surface area contributed by atoms with E-state index in [2.05, 4.69) is 20.7 Å². The van der Waals surface area contributed by atoms with E-state index in [4.69, 9.17) is 0 Å². The van der Waals surface area contributed by atoms with Crippen LogP contribution in [0.25, 0.3) is 0 Å². The maximum Gasteiger partial charge on any atom is 0.270 e. The van der Waals surface area contributed by atoms with Crippen molar-refractivity contribution >= 4 is 11.8 Å². The van der Waals surface area contributed by atoms with Crippen LogP contribution >= 0.6 is 0 Å². The second-order valence-electron chi connectivity index (χ2n) is 6.59. The van der Waals surface area contributed by atoms with Crippen LogP contribution in [0.3, 0.4) is 0 Å². The van der Waals surface area contributed by atoms with Crippen molar-refractivity contribution in [2.24, 2.45) is 0 Å². The molecule has 1 aliphatic heterocycles. The predicted octanol–water partition coefficient (Wildman–Crippen LogP) is 1.70. The third-order valence-corrected chi connectivity index (χ3v) is 4.62. The fraction of sp³-hybridized carbons (Fsp3) is 0.200. The Morgan fingerprint density at radius 3 is 2.68 bits per heavy atom. The van der Waals surface area contributed by atoms with Crippen molar-refractivity contribution in [3.8, 4) is 0 Å². The lowest BCUT2D eigenvalue weighted by Gasteiger charge is -2.11. The molecule has 1 unspecified atom stereocenters. The molecule has 28 heavy (non-hydrogen) atoms. The summed E-state index contributed by atoms with van der Waals surface area (Å²) in [6, 6.07) is 12.0. The molecule has 2 aromatic heterocycles. The third kappa shape index (κ3) is 3.75. The zero-order valence-electron chi connectivity index (χ0n) is 14.9. The monoisotopic (exact) mass is 379 g/mol. The van der Waals surface area contributed by atoms with Gasteiger partial charge < -0.3 is 10.6 Å². The Morgan fingerprint density at radius 1 is 1.11 bits per heavy atom. The highest BCUT2D eigenvalue weighted by Crippen LogP contribution is 2.19. The van der Waals surface area contributed by atoms with Gasteiger partial charge in [0.25, 0.3) is 11.8 Å². The van der Waals surface area contributed by atoms with E-state index in [9.17, 15) is 14.0 Å². The fourth-order valence-electron chi connectivity index (χ4n) is 3.22. The Hall–Kier alpha value is -3.55. The van der Waals surface area contributed by atoms with Crippen molar-refractivity contribution in [1.82, 2.24) is 25.4 Å². The van der Waals surface area contributed by atoms with Crippen LogP contribution in [0.1, 0.15) is 32.1 Å². The van der Waals surface area contributed by atoms with Crippen LogP contribution in [0.15, 0.2) is 54.9 Å². The van der Waals surface area contributed by atoms with Crippen LogP contribution in [-0.2, 0) is 19.5 Å². The zero-order chi connectivity index (χ0) is 19.5. The number of carbonyl (C=O) groups is 2. The van der Waals surface area contributed by atoms with Crippen LogP contribution in [0.4, 0.5) is 4.39 Å². The maximum atomic E-state index is 12.9. The minimum atomic E-state index is -0.497. The lowest BCUT2D eigenvalue weighted by molar-refractivity contribution is 0.0930. The molecule has 8 heteroatoms. The molecule has 0 bridgehead atoms. The normalized spacial score (nSPS) is 15.1. The Kier molecular flexibility index (Phi) is 4.84. The molecule has 1 aliphatic rings. The van der Waals surface area contributed by atoms with Crippen molar-refractivity contribution in [3.63, 3.8) is 0 Å². The molecular formula is C20H18FN5O2. The number of hydrogen-bond acceptors (Lipinski definition) is 4. The van der Waals surface area contributed by atoms with Crippen LogP contribution in [-0.4, -0.2) is 32.6 Å². The quantitative estimate of drug-likeness (QED) is 0.706. The standard InChI is InChI=1S/C20H18FN5O2/c21-14-6-7-17(22-10-14)20(28)25-15-8-18-16(11-24-26(18)12-15)19(27)23-9-13-4-2-1-3-5-13/h1-7,10-11,15H,8-9,12H2,(H,23,27)(H,25,28). The molecule has 0 spiro atoms. The highest BCUT2D eigenvalue weighted by Gasteiger charge is 2.29. The molecule has 3 heterocycles. The Morgan fingerprint density at radius 2 is 1.93 bits per heavy atom. The number of amides is 2. The molecule has 2 N–H and O–H groups in total. The van der Waals surface area contributed by atoms with Gasteiger partial charge in [0.1, 0.15) is 11.5 Å². The van der Waals surface area contributed by atoms with Gasteiger partial charge in [-0.2, -0.15) is 5.10 Å². The molecule has 4 rings (SSSR count). The Labute approximate surface area is 160 Å². The first-order valence-electron chi connectivity index (χ1n) is 8.89. The van der Waals surface area contributed by atoms with Crippen molar-refractivity contribution in [2.45, 2.75) is 25.6 Å². The van der Waals surface area contributed by atoms with Gasteiger partial charge in [-0.15, -0.1) is 0 Å². The number of nitrogens with one attached hydrogen (secondary N) is 2. The lowest BCUT2D eigenvalue weighted by atomic mass is 10.1. The van der Waals surface area contributed by atoms with Gasteiger partial charge in [-0.25, -0.2) is 9.37 Å². The Bertz CT molecular complexity index is 1000. The number of aromatic nitrogens is 3. The number of rotatable bonds is 5. The molecule has 142 valence electrons. The van der Waals surface area contributed by atoms with E-state index in [0.717, 1.165) is 17.5 Å². The average Bonchev–Trinajstić information content (AvgIpc) is 3.27. The first kappa shape index (κ1) is 17.8. The fourth-order valence-corrected chi connectivity index (χ4v) is 3.22. The van der Waals surface area contributed by atoms with Gasteiger partial charge in [-0.1, -0.05) is 30.3 Å². The van der Waals surface area contributed by atoms with Gasteiger partial charge in [0, 0.05) is 13.0 Å². The predicted molar refractivity (Wildman–Crippen MR) is 99.0 cm³/mol. The summed E-state index contributed by atoms with van der Waals surface area (Å²) in [5.74, 6) is -1.08. The third-order valence-electron chi connectivity index (χ3n) is 4.62. The number of halogens is 1. The molecule has 0 aliphatic carbocycles. The molecular weight excluding hydrogens is 361 g/mol. The number of benzene rings is 1. The van der Waals surface area contributed by atoms with Crippen LogP contribution in [0.5, 0.6) is 0 Å². The highest BCUT2D eigenvalue weighted by atomic mass is 19.1. The lowest BCUT2D eigenvalue weighted by Crippen LogP contribution is -2.36. The molecule has 2 amide bonds. The van der Waals surface area contributed by atoms with E-state index in [1.807, 2.05) is 30.3 Å². The molecule has 1 aromatic carbocycles. The van der Waals surface area contributed by atoms with Crippen LogP contribution < -0.4 is 10.6 Å². The summed E-state index contributed by atoms with van der Waals surface area (Å²) in [5, 5.41) is 10.0. The van der Waals surface area contributed by atoms with Crippen LogP contribution in [0.2, 0.25) is 0 Å². The minimum absolute atomic E-state index is 0.145. The summed E-state index contributed by atoms with van der Waals surface area (Å²) in [5.41, 5.74) is 2.44. The van der Waals surface area contributed by atoms with E-state index >= 15 is 0 Å². The molecule has 0 fully saturated rings. The SMILES string of the molecule is O=C(NC1Cc2c(C(=O)NCc3ccccc3)cnn2C1)c1ccc(F)cn1. The van der Waals surface area contributed by atoms with Gasteiger partial charge in [0.15, 0.2) is 0 Å². The summed E-state index contributed by atoms with van der Waals surface area (Å²) in [7, 11) is 0. The zero-order valence-corrected chi connectivity index (χ0v) is 14.9. The molecule has 0 radical (unpaired) electrons. The summed E-state index contributed by atoms with van der Waals surface area (Å²) in [6.07, 6.45) is 3.04. The van der Waals surface area contributed by atoms with Gasteiger partial charge in [-0.3, -0.25) is 14.3 Å². The summed E-state index contributed by atoms with van der Waals surface area (Å²) < 4.78 is 14.7. The highest BCUT2D eigenvalue weighted by molar-refractivity contribution is 5.95. The number of nitrogens with zero attached hydrogens (tertiary/aromatic N) is 3. The summed E-state index contributed by atoms with van der Waals surface area (Å²) in [6.45, 7) is 0.898. The second kappa shape index (κ2) is 7.59. The van der Waals surface area contributed by atoms with Crippen molar-refractivity contribution in [2.75, 3.05) is 0 Å². The Balaban J connectivity index is 1.38. The van der Waals surface area contributed by atoms with Gasteiger partial charge in [-0.05, 0) is 17.7 Å². The second-order valence-corrected chi connectivity index (χ2v) is 6.59. The van der Waals surface area contributed by atoms with Crippen LogP contribution in [0, 0.1) is 5.82 Å². The molecule has 3 aromatic rings. The molecule has 0 saturated carbocycles. The summed E-state index contributed by atoms with van der Waals surface area (Å²) in [4.78, 5) is 28.6. The number of carbonyl (C=O) groups excluding carboxylic acids is 2. The van der Waals surface area contributed by atoms with E-state index in [0.29, 0.717) is 25.1 Å². The van der Waals surface area contributed by atoms with Crippen molar-refractivity contribution in [1.29, 1.82) is 0 Å². The van der Waals surface area contributed by atoms with Crippen molar-refractivity contribution in [3.05, 3.63) is 83.2 Å². The number of fused-ring (bicyclic) bond motifs is 1. The van der Waals surface area contributed by atoms with Gasteiger partial charge in [0.05, 0.1) is 36.2 Å². The molecule has 7 nitrogen and oxygen atoms in total. The minimum Gasteiger partial charge on any atom is -0.348 e. The van der Waals surface area contributed by atoms with E-state index in [-0.39, 0.29) is 23.6 Å².